The van der Waals surface area contributed by atoms with Crippen LogP contribution in [0.15, 0.2) is 29.2 Å². The van der Waals surface area contributed by atoms with Crippen LogP contribution in [0.3, 0.4) is 0 Å². The number of sulfonamides is 1. The second kappa shape index (κ2) is 6.27. The van der Waals surface area contributed by atoms with E-state index in [0.29, 0.717) is 73.0 Å². The highest BCUT2D eigenvalue weighted by Gasteiger charge is 2.65. The summed E-state index contributed by atoms with van der Waals surface area (Å²) in [4.78, 5) is 10.6. The molecule has 0 spiro atoms. The first-order valence-corrected chi connectivity index (χ1v) is 12.9. The van der Waals surface area contributed by atoms with Gasteiger partial charge in [0.1, 0.15) is 0 Å². The maximum absolute atomic E-state index is 13.7. The minimum Gasteiger partial charge on any atom is -0.369 e. The molecular formula is C22H26N2O6S. The minimum absolute atomic E-state index is 0.0967. The predicted octanol–water partition coefficient (Wildman–Crippen LogP) is 2.43. The topological polar surface area (TPSA) is 106 Å². The Kier molecular flexibility index (Phi) is 3.84. The summed E-state index contributed by atoms with van der Waals surface area (Å²) in [7, 11) is -3.73. The highest BCUT2D eigenvalue weighted by Crippen LogP contribution is 2.60. The van der Waals surface area contributed by atoms with Crippen LogP contribution in [0.1, 0.15) is 25.7 Å². The average molecular weight is 447 g/mol. The molecule has 0 unspecified atom stereocenters. The Hall–Kier alpha value is -1.55. The molecule has 4 saturated carbocycles. The number of nitro benzene ring substituents is 1. The third-order valence-electron chi connectivity index (χ3n) is 9.03. The quantitative estimate of drug-likeness (QED) is 0.362. The Bertz CT molecular complexity index is 1000. The monoisotopic (exact) mass is 446 g/mol. The van der Waals surface area contributed by atoms with E-state index in [-0.39, 0.29) is 10.6 Å². The maximum atomic E-state index is 13.7. The molecule has 8 nitrogen and oxygen atoms in total. The first-order chi connectivity index (χ1) is 14.9. The van der Waals surface area contributed by atoms with E-state index in [4.69, 9.17) is 9.47 Å². The molecule has 2 heterocycles. The van der Waals surface area contributed by atoms with Crippen LogP contribution in [-0.2, 0) is 19.5 Å². The van der Waals surface area contributed by atoms with Crippen LogP contribution < -0.4 is 0 Å². The number of fused-ring (bicyclic) bond motifs is 10. The molecule has 1 aromatic carbocycles. The van der Waals surface area contributed by atoms with Crippen molar-refractivity contribution >= 4 is 15.7 Å². The molecule has 31 heavy (non-hydrogen) atoms. The molecule has 2 saturated heterocycles. The fourth-order valence-electron chi connectivity index (χ4n) is 7.57. The molecule has 4 aliphatic carbocycles. The highest BCUT2D eigenvalue weighted by molar-refractivity contribution is 7.89. The molecule has 0 radical (unpaired) electrons. The van der Waals surface area contributed by atoms with Gasteiger partial charge in [-0.15, -0.1) is 0 Å². The number of hydrogen-bond acceptors (Lipinski definition) is 6. The van der Waals surface area contributed by atoms with Crippen LogP contribution in [0.25, 0.3) is 0 Å². The lowest BCUT2D eigenvalue weighted by molar-refractivity contribution is -0.384. The molecule has 9 heteroatoms. The standard InChI is InChI=1S/C22H26N2O6S/c25-24(26)15-1-3-16(4-2-15)31(27,28)23(9-13-5-11-7-17(13)21-19(11)29-21)10-14-6-12-8-18(14)22-20(12)30-22/h1-4,11-14,17-22H,5-10H2/t11-,12+,13+,14-,17-,18+,19+,20-,21-,22+. The molecule has 1 aromatic rings. The summed E-state index contributed by atoms with van der Waals surface area (Å²) in [5.41, 5.74) is -0.0967. The van der Waals surface area contributed by atoms with E-state index < -0.39 is 14.9 Å². The molecule has 0 N–H and O–H groups in total. The van der Waals surface area contributed by atoms with Crippen molar-refractivity contribution in [2.24, 2.45) is 35.5 Å². The van der Waals surface area contributed by atoms with Gasteiger partial charge in [-0.05, 0) is 73.3 Å². The third-order valence-corrected chi connectivity index (χ3v) is 10.9. The summed E-state index contributed by atoms with van der Waals surface area (Å²) in [5, 5.41) is 11.0. The number of hydrogen-bond donors (Lipinski definition) is 0. The number of nitro groups is 1. The van der Waals surface area contributed by atoms with Crippen molar-refractivity contribution in [2.45, 2.75) is 55.0 Å². The van der Waals surface area contributed by atoms with Gasteiger partial charge in [-0.2, -0.15) is 4.31 Å². The van der Waals surface area contributed by atoms with E-state index >= 15 is 0 Å². The van der Waals surface area contributed by atoms with Gasteiger partial charge in [0, 0.05) is 25.2 Å². The molecule has 0 amide bonds. The first-order valence-electron chi connectivity index (χ1n) is 11.5. The van der Waals surface area contributed by atoms with E-state index in [1.807, 2.05) is 0 Å². The zero-order valence-corrected chi connectivity index (χ0v) is 17.9. The normalized spacial score (nSPS) is 45.7. The molecule has 6 aliphatic rings. The van der Waals surface area contributed by atoms with Crippen LogP contribution in [0.2, 0.25) is 0 Å². The largest absolute Gasteiger partial charge is 0.369 e. The number of epoxide rings is 2. The SMILES string of the molecule is O=[N+]([O-])c1ccc(S(=O)(=O)N(C[C@@H]2C[C@@H]3C[C@H]2[C@H]2O[C@@H]32)C[C@H]2C[C@H]3C[C@@H]2[C@@H]2O[C@H]32)cc1. The Morgan fingerprint density at radius 2 is 1.39 bits per heavy atom. The molecular weight excluding hydrogens is 420 g/mol. The second-order valence-corrected chi connectivity index (χ2v) is 12.5. The van der Waals surface area contributed by atoms with Crippen molar-refractivity contribution in [3.05, 3.63) is 34.4 Å². The van der Waals surface area contributed by atoms with Crippen molar-refractivity contribution in [3.8, 4) is 0 Å². The average Bonchev–Trinajstić information content (AvgIpc) is 3.59. The molecule has 10 atom stereocenters. The van der Waals surface area contributed by atoms with Crippen molar-refractivity contribution in [2.75, 3.05) is 13.1 Å². The van der Waals surface area contributed by atoms with Crippen molar-refractivity contribution in [1.82, 2.24) is 4.31 Å². The van der Waals surface area contributed by atoms with E-state index in [2.05, 4.69) is 0 Å². The van der Waals surface area contributed by atoms with E-state index in [9.17, 15) is 18.5 Å². The van der Waals surface area contributed by atoms with Crippen molar-refractivity contribution in [1.29, 1.82) is 0 Å². The van der Waals surface area contributed by atoms with Crippen molar-refractivity contribution < 1.29 is 22.8 Å². The second-order valence-electron chi connectivity index (χ2n) is 10.5. The lowest BCUT2D eigenvalue weighted by Crippen LogP contribution is -2.42. The number of nitrogens with zero attached hydrogens (tertiary/aromatic N) is 2. The van der Waals surface area contributed by atoms with Gasteiger partial charge >= 0.3 is 0 Å². The summed E-state index contributed by atoms with van der Waals surface area (Å²) in [6.07, 6.45) is 5.96. The molecule has 4 bridgehead atoms. The lowest BCUT2D eigenvalue weighted by atomic mass is 9.87. The predicted molar refractivity (Wildman–Crippen MR) is 109 cm³/mol. The van der Waals surface area contributed by atoms with Gasteiger partial charge in [-0.1, -0.05) is 0 Å². The zero-order valence-electron chi connectivity index (χ0n) is 17.1. The summed E-state index contributed by atoms with van der Waals surface area (Å²) in [5.74, 6) is 2.80. The van der Waals surface area contributed by atoms with Crippen LogP contribution >= 0.6 is 0 Å². The van der Waals surface area contributed by atoms with Crippen LogP contribution in [0.4, 0.5) is 5.69 Å². The highest BCUT2D eigenvalue weighted by atomic mass is 32.2. The number of rotatable bonds is 7. The Morgan fingerprint density at radius 1 is 0.871 bits per heavy atom. The van der Waals surface area contributed by atoms with Crippen LogP contribution in [0.5, 0.6) is 0 Å². The van der Waals surface area contributed by atoms with Gasteiger partial charge in [0.25, 0.3) is 5.69 Å². The third kappa shape index (κ3) is 2.79. The summed E-state index contributed by atoms with van der Waals surface area (Å²) in [6.45, 7) is 1.05. The minimum atomic E-state index is -3.73. The fourth-order valence-corrected chi connectivity index (χ4v) is 9.12. The van der Waals surface area contributed by atoms with Gasteiger partial charge in [0.05, 0.1) is 34.2 Å². The van der Waals surface area contributed by atoms with Gasteiger partial charge in [-0.3, -0.25) is 10.1 Å². The molecule has 6 fully saturated rings. The van der Waals surface area contributed by atoms with E-state index in [0.717, 1.165) is 25.7 Å². The Labute approximate surface area is 181 Å². The number of ether oxygens (including phenoxy) is 2. The van der Waals surface area contributed by atoms with Crippen LogP contribution in [0, 0.1) is 45.6 Å². The molecule has 7 rings (SSSR count). The fraction of sp³-hybridized carbons (Fsp3) is 0.727. The zero-order chi connectivity index (χ0) is 21.1. The van der Waals surface area contributed by atoms with E-state index in [1.165, 1.54) is 24.3 Å². The lowest BCUT2D eigenvalue weighted by Gasteiger charge is -2.32. The Morgan fingerprint density at radius 3 is 1.81 bits per heavy atom. The molecule has 0 aromatic heterocycles. The smallest absolute Gasteiger partial charge is 0.269 e. The summed E-state index contributed by atoms with van der Waals surface area (Å²) in [6, 6.07) is 5.32. The maximum Gasteiger partial charge on any atom is 0.269 e. The van der Waals surface area contributed by atoms with Gasteiger partial charge < -0.3 is 9.47 Å². The van der Waals surface area contributed by atoms with Gasteiger partial charge in [0.15, 0.2) is 0 Å². The molecule has 2 aliphatic heterocycles. The molecule has 166 valence electrons. The van der Waals surface area contributed by atoms with Gasteiger partial charge in [0.2, 0.25) is 10.0 Å². The number of non-ortho nitro benzene ring substituents is 1. The van der Waals surface area contributed by atoms with Gasteiger partial charge in [-0.25, -0.2) is 8.42 Å². The number of benzene rings is 1. The Balaban J connectivity index is 1.16. The summed E-state index contributed by atoms with van der Waals surface area (Å²) < 4.78 is 40.7. The van der Waals surface area contributed by atoms with Crippen LogP contribution in [-0.4, -0.2) is 55.2 Å². The summed E-state index contributed by atoms with van der Waals surface area (Å²) >= 11 is 0. The van der Waals surface area contributed by atoms with Crippen molar-refractivity contribution in [3.63, 3.8) is 0 Å². The van der Waals surface area contributed by atoms with E-state index in [1.54, 1.807) is 4.31 Å². The first kappa shape index (κ1) is 19.0.